The standard InChI is InChI=1S/C18H20N2O4/c1-13-5-4-6-15(9-13)20-18(21)12-24-19-11-14-7-8-16(22-2)17(10-14)23-3/h4-11H,12H2,1-3H3,(H,20,21)/b19-11+. The van der Waals surface area contributed by atoms with Crippen LogP contribution >= 0.6 is 0 Å². The van der Waals surface area contributed by atoms with Crippen LogP contribution in [0.15, 0.2) is 47.6 Å². The van der Waals surface area contributed by atoms with Gasteiger partial charge in [0.15, 0.2) is 18.1 Å². The minimum atomic E-state index is -0.273. The maximum atomic E-state index is 11.8. The predicted octanol–water partition coefficient (Wildman–Crippen LogP) is 3.00. The summed E-state index contributed by atoms with van der Waals surface area (Å²) in [6.07, 6.45) is 1.50. The fraction of sp³-hybridized carbons (Fsp3) is 0.222. The highest BCUT2D eigenvalue weighted by atomic mass is 16.6. The van der Waals surface area contributed by atoms with Crippen molar-refractivity contribution in [2.45, 2.75) is 6.92 Å². The fourth-order valence-corrected chi connectivity index (χ4v) is 2.05. The molecule has 24 heavy (non-hydrogen) atoms. The van der Waals surface area contributed by atoms with E-state index in [9.17, 15) is 4.79 Å². The lowest BCUT2D eigenvalue weighted by molar-refractivity contribution is -0.120. The quantitative estimate of drug-likeness (QED) is 0.626. The predicted molar refractivity (Wildman–Crippen MR) is 92.9 cm³/mol. The van der Waals surface area contributed by atoms with Gasteiger partial charge in [-0.2, -0.15) is 0 Å². The Balaban J connectivity index is 1.85. The highest BCUT2D eigenvalue weighted by molar-refractivity contribution is 5.91. The largest absolute Gasteiger partial charge is 0.493 e. The number of benzene rings is 2. The fourth-order valence-electron chi connectivity index (χ4n) is 2.05. The van der Waals surface area contributed by atoms with Crippen molar-refractivity contribution in [3.63, 3.8) is 0 Å². The summed E-state index contributed by atoms with van der Waals surface area (Å²) in [7, 11) is 3.13. The van der Waals surface area contributed by atoms with E-state index in [1.165, 1.54) is 6.21 Å². The van der Waals surface area contributed by atoms with E-state index in [0.29, 0.717) is 11.5 Å². The molecule has 0 aliphatic heterocycles. The van der Waals surface area contributed by atoms with Crippen LogP contribution in [0.5, 0.6) is 11.5 Å². The zero-order valence-electron chi connectivity index (χ0n) is 13.9. The highest BCUT2D eigenvalue weighted by Crippen LogP contribution is 2.26. The summed E-state index contributed by atoms with van der Waals surface area (Å²) < 4.78 is 10.4. The summed E-state index contributed by atoms with van der Waals surface area (Å²) in [5, 5.41) is 6.53. The minimum Gasteiger partial charge on any atom is -0.493 e. The van der Waals surface area contributed by atoms with Gasteiger partial charge < -0.3 is 19.6 Å². The van der Waals surface area contributed by atoms with E-state index < -0.39 is 0 Å². The van der Waals surface area contributed by atoms with Crippen molar-refractivity contribution in [2.24, 2.45) is 5.16 Å². The lowest BCUT2D eigenvalue weighted by atomic mass is 10.2. The number of methoxy groups -OCH3 is 2. The number of anilines is 1. The zero-order chi connectivity index (χ0) is 17.4. The Morgan fingerprint density at radius 2 is 1.92 bits per heavy atom. The smallest absolute Gasteiger partial charge is 0.265 e. The Bertz CT molecular complexity index is 729. The van der Waals surface area contributed by atoms with Crippen molar-refractivity contribution in [1.82, 2.24) is 0 Å². The van der Waals surface area contributed by atoms with Crippen molar-refractivity contribution < 1.29 is 19.1 Å². The number of nitrogens with zero attached hydrogens (tertiary/aromatic N) is 1. The molecule has 0 unspecified atom stereocenters. The van der Waals surface area contributed by atoms with Gasteiger partial charge in [-0.1, -0.05) is 17.3 Å². The molecule has 0 spiro atoms. The molecule has 6 heteroatoms. The van der Waals surface area contributed by atoms with Gasteiger partial charge in [-0.25, -0.2) is 0 Å². The molecule has 0 atom stereocenters. The summed E-state index contributed by atoms with van der Waals surface area (Å²) in [6, 6.07) is 12.9. The highest BCUT2D eigenvalue weighted by Gasteiger charge is 2.04. The van der Waals surface area contributed by atoms with Gasteiger partial charge in [0, 0.05) is 11.3 Å². The van der Waals surface area contributed by atoms with Crippen molar-refractivity contribution in [2.75, 3.05) is 26.1 Å². The number of carbonyl (C=O) groups is 1. The normalized spacial score (nSPS) is 10.5. The molecular weight excluding hydrogens is 308 g/mol. The average Bonchev–Trinajstić information content (AvgIpc) is 2.58. The van der Waals surface area contributed by atoms with Crippen LogP contribution in [-0.2, 0) is 9.63 Å². The van der Waals surface area contributed by atoms with Crippen LogP contribution in [0.3, 0.4) is 0 Å². The Labute approximate surface area is 141 Å². The summed E-state index contributed by atoms with van der Waals surface area (Å²) in [6.45, 7) is 1.79. The van der Waals surface area contributed by atoms with E-state index in [4.69, 9.17) is 14.3 Å². The van der Waals surface area contributed by atoms with Gasteiger partial charge in [0.25, 0.3) is 5.91 Å². The van der Waals surface area contributed by atoms with E-state index >= 15 is 0 Å². The molecule has 0 bridgehead atoms. The molecule has 0 fully saturated rings. The Morgan fingerprint density at radius 3 is 2.62 bits per heavy atom. The first-order valence-electron chi connectivity index (χ1n) is 7.36. The van der Waals surface area contributed by atoms with Crippen LogP contribution in [0.4, 0.5) is 5.69 Å². The van der Waals surface area contributed by atoms with Gasteiger partial charge in [-0.3, -0.25) is 4.79 Å². The Hall–Kier alpha value is -3.02. The molecule has 2 rings (SSSR count). The van der Waals surface area contributed by atoms with Crippen molar-refractivity contribution in [1.29, 1.82) is 0 Å². The molecular formula is C18H20N2O4. The maximum absolute atomic E-state index is 11.8. The van der Waals surface area contributed by atoms with E-state index in [1.807, 2.05) is 31.2 Å². The molecule has 126 valence electrons. The SMILES string of the molecule is COc1ccc(/C=N/OCC(=O)Nc2cccc(C)c2)cc1OC. The van der Waals surface area contributed by atoms with Crippen LogP contribution in [0.2, 0.25) is 0 Å². The lowest BCUT2D eigenvalue weighted by Crippen LogP contribution is -2.16. The molecule has 0 heterocycles. The molecule has 2 aromatic rings. The summed E-state index contributed by atoms with van der Waals surface area (Å²) in [5.41, 5.74) is 2.57. The molecule has 0 saturated carbocycles. The van der Waals surface area contributed by atoms with Gasteiger partial charge in [-0.15, -0.1) is 0 Å². The Morgan fingerprint density at radius 1 is 1.12 bits per heavy atom. The molecule has 6 nitrogen and oxygen atoms in total. The summed E-state index contributed by atoms with van der Waals surface area (Å²) in [5.74, 6) is 0.955. The van der Waals surface area contributed by atoms with Crippen molar-refractivity contribution in [3.8, 4) is 11.5 Å². The minimum absolute atomic E-state index is 0.169. The average molecular weight is 328 g/mol. The van der Waals surface area contributed by atoms with Gasteiger partial charge in [0.05, 0.1) is 20.4 Å². The number of nitrogens with one attached hydrogen (secondary N) is 1. The third-order valence-electron chi connectivity index (χ3n) is 3.18. The van der Waals surface area contributed by atoms with Crippen LogP contribution in [0, 0.1) is 6.92 Å². The van der Waals surface area contributed by atoms with Crippen molar-refractivity contribution in [3.05, 3.63) is 53.6 Å². The lowest BCUT2D eigenvalue weighted by Gasteiger charge is -2.07. The van der Waals surface area contributed by atoms with Gasteiger partial charge in [0.1, 0.15) is 0 Å². The maximum Gasteiger partial charge on any atom is 0.265 e. The molecule has 0 aliphatic rings. The molecule has 1 N–H and O–H groups in total. The summed E-state index contributed by atoms with van der Waals surface area (Å²) in [4.78, 5) is 16.8. The van der Waals surface area contributed by atoms with E-state index in [-0.39, 0.29) is 12.5 Å². The first-order chi connectivity index (χ1) is 11.6. The number of carbonyl (C=O) groups excluding carboxylic acids is 1. The third kappa shape index (κ3) is 5.01. The van der Waals surface area contributed by atoms with Crippen molar-refractivity contribution >= 4 is 17.8 Å². The monoisotopic (exact) mass is 328 g/mol. The van der Waals surface area contributed by atoms with Crippen LogP contribution in [-0.4, -0.2) is 32.9 Å². The summed E-state index contributed by atoms with van der Waals surface area (Å²) >= 11 is 0. The first-order valence-corrected chi connectivity index (χ1v) is 7.36. The van der Waals surface area contributed by atoms with Crippen LogP contribution in [0.1, 0.15) is 11.1 Å². The number of oxime groups is 1. The van der Waals surface area contributed by atoms with E-state index in [1.54, 1.807) is 32.4 Å². The third-order valence-corrected chi connectivity index (χ3v) is 3.18. The first kappa shape index (κ1) is 17.3. The van der Waals surface area contributed by atoms with Gasteiger partial charge >= 0.3 is 0 Å². The Kier molecular flexibility index (Phi) is 6.19. The molecule has 2 aromatic carbocycles. The second-order valence-corrected chi connectivity index (χ2v) is 5.04. The van der Waals surface area contributed by atoms with Gasteiger partial charge in [-0.05, 0) is 42.8 Å². The zero-order valence-corrected chi connectivity index (χ0v) is 13.9. The number of hydrogen-bond donors (Lipinski definition) is 1. The molecule has 0 aliphatic carbocycles. The number of amides is 1. The van der Waals surface area contributed by atoms with E-state index in [2.05, 4.69) is 10.5 Å². The van der Waals surface area contributed by atoms with Crippen LogP contribution in [0.25, 0.3) is 0 Å². The second kappa shape index (κ2) is 8.57. The van der Waals surface area contributed by atoms with Crippen LogP contribution < -0.4 is 14.8 Å². The number of aryl methyl sites for hydroxylation is 1. The molecule has 0 radical (unpaired) electrons. The topological polar surface area (TPSA) is 69.2 Å². The molecule has 0 aromatic heterocycles. The van der Waals surface area contributed by atoms with Gasteiger partial charge in [0.2, 0.25) is 0 Å². The molecule has 1 amide bonds. The second-order valence-electron chi connectivity index (χ2n) is 5.04. The van der Waals surface area contributed by atoms with E-state index in [0.717, 1.165) is 16.8 Å². The molecule has 0 saturated heterocycles. The number of hydrogen-bond acceptors (Lipinski definition) is 5. The number of ether oxygens (including phenoxy) is 2. The number of rotatable bonds is 7.